The van der Waals surface area contributed by atoms with E-state index >= 15 is 0 Å². The summed E-state index contributed by atoms with van der Waals surface area (Å²) in [6, 6.07) is 13.1. The van der Waals surface area contributed by atoms with Gasteiger partial charge in [0.2, 0.25) is 0 Å². The standard InChI is InChI=1S/C18H16N4O3S2/c23-17(14-6-7-16(26-14)22(24)25)20-18-19-13-8-9-21(11-15(13)27-18)10-12-4-2-1-3-5-12/h1-7H,8-11H2,(H,19,20,23). The number of carbonyl (C=O) groups excluding carboxylic acids is 1. The molecular formula is C18H16N4O3S2. The first-order chi connectivity index (χ1) is 13.1. The zero-order chi connectivity index (χ0) is 18.8. The van der Waals surface area contributed by atoms with Crippen molar-refractivity contribution in [3.8, 4) is 0 Å². The Balaban J connectivity index is 1.42. The molecule has 4 rings (SSSR count). The molecule has 1 N–H and O–H groups in total. The summed E-state index contributed by atoms with van der Waals surface area (Å²) < 4.78 is 0. The highest BCUT2D eigenvalue weighted by atomic mass is 32.1. The van der Waals surface area contributed by atoms with Crippen LogP contribution in [0.2, 0.25) is 0 Å². The smallest absolute Gasteiger partial charge is 0.297 e. The zero-order valence-corrected chi connectivity index (χ0v) is 15.9. The average molecular weight is 400 g/mol. The van der Waals surface area contributed by atoms with Crippen LogP contribution in [0.25, 0.3) is 0 Å². The Kier molecular flexibility index (Phi) is 4.97. The molecule has 0 atom stereocenters. The van der Waals surface area contributed by atoms with Gasteiger partial charge in [-0.3, -0.25) is 25.1 Å². The number of nitrogens with one attached hydrogen (secondary N) is 1. The second-order valence-corrected chi connectivity index (χ2v) is 8.33. The van der Waals surface area contributed by atoms with Gasteiger partial charge in [-0.1, -0.05) is 41.7 Å². The van der Waals surface area contributed by atoms with E-state index in [0.717, 1.165) is 48.0 Å². The molecule has 138 valence electrons. The number of hydrogen-bond acceptors (Lipinski definition) is 7. The maximum Gasteiger partial charge on any atom is 0.324 e. The normalized spacial score (nSPS) is 13.9. The van der Waals surface area contributed by atoms with Crippen molar-refractivity contribution in [2.75, 3.05) is 11.9 Å². The molecule has 1 aliphatic rings. The minimum absolute atomic E-state index is 0.0462. The molecule has 9 heteroatoms. The highest BCUT2D eigenvalue weighted by Crippen LogP contribution is 2.30. The monoisotopic (exact) mass is 400 g/mol. The fraction of sp³-hybridized carbons (Fsp3) is 0.222. The Bertz CT molecular complexity index is 984. The summed E-state index contributed by atoms with van der Waals surface area (Å²) in [5.74, 6) is -0.361. The molecule has 0 bridgehead atoms. The number of rotatable bonds is 5. The molecule has 0 fully saturated rings. The Morgan fingerprint density at radius 3 is 2.78 bits per heavy atom. The van der Waals surface area contributed by atoms with Gasteiger partial charge in [0.1, 0.15) is 0 Å². The molecule has 3 heterocycles. The lowest BCUT2D eigenvalue weighted by molar-refractivity contribution is -0.380. The Labute approximate surface area is 163 Å². The molecule has 0 aliphatic carbocycles. The van der Waals surface area contributed by atoms with E-state index in [1.165, 1.54) is 29.0 Å². The molecule has 3 aromatic rings. The fourth-order valence-electron chi connectivity index (χ4n) is 2.98. The van der Waals surface area contributed by atoms with Gasteiger partial charge in [0.15, 0.2) is 5.13 Å². The van der Waals surface area contributed by atoms with E-state index < -0.39 is 4.92 Å². The van der Waals surface area contributed by atoms with Crippen LogP contribution in [0.3, 0.4) is 0 Å². The molecule has 0 unspecified atom stereocenters. The van der Waals surface area contributed by atoms with Gasteiger partial charge in [-0.05, 0) is 11.6 Å². The summed E-state index contributed by atoms with van der Waals surface area (Å²) in [4.78, 5) is 30.9. The van der Waals surface area contributed by atoms with Crippen LogP contribution in [0.5, 0.6) is 0 Å². The predicted molar refractivity (Wildman–Crippen MR) is 105 cm³/mol. The van der Waals surface area contributed by atoms with E-state index in [4.69, 9.17) is 0 Å². The van der Waals surface area contributed by atoms with Crippen molar-refractivity contribution in [2.45, 2.75) is 19.5 Å². The van der Waals surface area contributed by atoms with Crippen molar-refractivity contribution < 1.29 is 9.72 Å². The number of amides is 1. The van der Waals surface area contributed by atoms with E-state index in [1.807, 2.05) is 18.2 Å². The molecule has 7 nitrogen and oxygen atoms in total. The van der Waals surface area contributed by atoms with E-state index in [2.05, 4.69) is 27.3 Å². The number of benzene rings is 1. The fourth-order valence-corrected chi connectivity index (χ4v) is 4.75. The van der Waals surface area contributed by atoms with Gasteiger partial charge in [0.05, 0.1) is 15.5 Å². The van der Waals surface area contributed by atoms with Gasteiger partial charge in [-0.2, -0.15) is 0 Å². The lowest BCUT2D eigenvalue weighted by Crippen LogP contribution is -2.29. The van der Waals surface area contributed by atoms with E-state index in [9.17, 15) is 14.9 Å². The van der Waals surface area contributed by atoms with E-state index in [-0.39, 0.29) is 10.9 Å². The van der Waals surface area contributed by atoms with Crippen LogP contribution in [0.15, 0.2) is 42.5 Å². The first-order valence-electron chi connectivity index (χ1n) is 8.39. The Hall–Kier alpha value is -2.62. The van der Waals surface area contributed by atoms with E-state index in [1.54, 1.807) is 0 Å². The largest absolute Gasteiger partial charge is 0.324 e. The highest BCUT2D eigenvalue weighted by Gasteiger charge is 2.22. The lowest BCUT2D eigenvalue weighted by atomic mass is 10.1. The number of nitro groups is 1. The summed E-state index contributed by atoms with van der Waals surface area (Å²) in [5.41, 5.74) is 2.30. The average Bonchev–Trinajstić information content (AvgIpc) is 3.29. The predicted octanol–water partition coefficient (Wildman–Crippen LogP) is 3.92. The topological polar surface area (TPSA) is 88.4 Å². The summed E-state index contributed by atoms with van der Waals surface area (Å²) in [6.07, 6.45) is 0.846. The molecule has 1 amide bonds. The van der Waals surface area contributed by atoms with Crippen LogP contribution in [0.1, 0.15) is 25.8 Å². The number of fused-ring (bicyclic) bond motifs is 1. The summed E-state index contributed by atoms with van der Waals surface area (Å²) >= 11 is 2.33. The molecule has 0 radical (unpaired) electrons. The van der Waals surface area contributed by atoms with Gasteiger partial charge in [-0.15, -0.1) is 11.3 Å². The van der Waals surface area contributed by atoms with Gasteiger partial charge in [0, 0.05) is 37.0 Å². The molecule has 0 spiro atoms. The third-order valence-electron chi connectivity index (χ3n) is 4.28. The van der Waals surface area contributed by atoms with Gasteiger partial charge < -0.3 is 0 Å². The number of anilines is 1. The highest BCUT2D eigenvalue weighted by molar-refractivity contribution is 7.18. The number of aromatic nitrogens is 1. The number of thiophene rings is 1. The third kappa shape index (κ3) is 4.05. The maximum atomic E-state index is 12.3. The van der Waals surface area contributed by atoms with Crippen LogP contribution in [-0.4, -0.2) is 27.3 Å². The minimum Gasteiger partial charge on any atom is -0.297 e. The minimum atomic E-state index is -0.495. The Morgan fingerprint density at radius 1 is 1.22 bits per heavy atom. The number of thiazole rings is 1. The second-order valence-electron chi connectivity index (χ2n) is 6.18. The van der Waals surface area contributed by atoms with Crippen molar-refractivity contribution >= 4 is 38.7 Å². The van der Waals surface area contributed by atoms with Crippen LogP contribution >= 0.6 is 22.7 Å². The first kappa shape index (κ1) is 17.8. The van der Waals surface area contributed by atoms with E-state index in [0.29, 0.717) is 10.0 Å². The maximum absolute atomic E-state index is 12.3. The molecular weight excluding hydrogens is 384 g/mol. The number of nitrogens with zero attached hydrogens (tertiary/aromatic N) is 3. The van der Waals surface area contributed by atoms with Crippen molar-refractivity contribution in [3.63, 3.8) is 0 Å². The zero-order valence-electron chi connectivity index (χ0n) is 14.3. The van der Waals surface area contributed by atoms with Crippen molar-refractivity contribution in [2.24, 2.45) is 0 Å². The van der Waals surface area contributed by atoms with Crippen molar-refractivity contribution in [1.82, 2.24) is 9.88 Å². The molecule has 0 saturated heterocycles. The first-order valence-corrected chi connectivity index (χ1v) is 10.0. The molecule has 0 saturated carbocycles. The van der Waals surface area contributed by atoms with Crippen LogP contribution < -0.4 is 5.32 Å². The number of carbonyl (C=O) groups is 1. The summed E-state index contributed by atoms with van der Waals surface area (Å²) in [5, 5.41) is 14.0. The quantitative estimate of drug-likeness (QED) is 0.518. The van der Waals surface area contributed by atoms with Gasteiger partial charge in [-0.25, -0.2) is 4.98 Å². The van der Waals surface area contributed by atoms with Gasteiger partial charge in [0.25, 0.3) is 5.91 Å². The lowest BCUT2D eigenvalue weighted by Gasteiger charge is -2.25. The van der Waals surface area contributed by atoms with Crippen LogP contribution in [0.4, 0.5) is 10.1 Å². The molecule has 1 aromatic carbocycles. The van der Waals surface area contributed by atoms with Crippen LogP contribution in [0, 0.1) is 10.1 Å². The molecule has 1 aliphatic heterocycles. The summed E-state index contributed by atoms with van der Waals surface area (Å²) in [7, 11) is 0. The van der Waals surface area contributed by atoms with Crippen molar-refractivity contribution in [1.29, 1.82) is 0 Å². The Morgan fingerprint density at radius 2 is 2.04 bits per heavy atom. The van der Waals surface area contributed by atoms with Crippen LogP contribution in [-0.2, 0) is 19.5 Å². The number of hydrogen-bond donors (Lipinski definition) is 1. The summed E-state index contributed by atoms with van der Waals surface area (Å²) in [6.45, 7) is 2.62. The third-order valence-corrected chi connectivity index (χ3v) is 6.31. The molecule has 27 heavy (non-hydrogen) atoms. The SMILES string of the molecule is O=C(Nc1nc2c(s1)CN(Cc1ccccc1)CC2)c1ccc([N+](=O)[O-])s1. The van der Waals surface area contributed by atoms with Gasteiger partial charge >= 0.3 is 5.00 Å². The molecule has 2 aromatic heterocycles. The second kappa shape index (κ2) is 7.55. The van der Waals surface area contributed by atoms with Crippen molar-refractivity contribution in [3.05, 3.63) is 73.6 Å².